The molecule has 0 aliphatic rings. The summed E-state index contributed by atoms with van der Waals surface area (Å²) in [6, 6.07) is 0. The molecule has 10 heavy (non-hydrogen) atoms. The second-order valence-electron chi connectivity index (χ2n) is 2.41. The lowest BCUT2D eigenvalue weighted by Gasteiger charge is -1.99. The number of hydrogen-bond donors (Lipinski definition) is 1. The van der Waals surface area contributed by atoms with Crippen LogP contribution in [0.4, 0.5) is 0 Å². The summed E-state index contributed by atoms with van der Waals surface area (Å²) in [5, 5.41) is 3.28. The molecular formula is C9H17N. The smallest absolute Gasteiger partial charge is 0.0211 e. The molecule has 0 amide bonds. The van der Waals surface area contributed by atoms with Gasteiger partial charge in [-0.15, -0.1) is 12.3 Å². The van der Waals surface area contributed by atoms with Crippen LogP contribution >= 0.6 is 0 Å². The van der Waals surface area contributed by atoms with Crippen molar-refractivity contribution in [1.82, 2.24) is 5.32 Å². The van der Waals surface area contributed by atoms with Crippen LogP contribution < -0.4 is 5.32 Å². The Labute approximate surface area is 64.2 Å². The monoisotopic (exact) mass is 139 g/mol. The maximum atomic E-state index is 5.08. The summed E-state index contributed by atoms with van der Waals surface area (Å²) in [6.07, 6.45) is 9.82. The Morgan fingerprint density at radius 1 is 1.30 bits per heavy atom. The first-order valence-corrected chi connectivity index (χ1v) is 4.06. The lowest BCUT2D eigenvalue weighted by Crippen LogP contribution is -2.15. The zero-order valence-electron chi connectivity index (χ0n) is 6.82. The van der Waals surface area contributed by atoms with Crippen LogP contribution in [0.2, 0.25) is 0 Å². The van der Waals surface area contributed by atoms with Crippen molar-refractivity contribution >= 4 is 0 Å². The highest BCUT2D eigenvalue weighted by Gasteiger charge is 1.84. The van der Waals surface area contributed by atoms with Crippen LogP contribution in [0.5, 0.6) is 0 Å². The molecule has 58 valence electrons. The summed E-state index contributed by atoms with van der Waals surface area (Å²) in [5.41, 5.74) is 0. The lowest BCUT2D eigenvalue weighted by atomic mass is 10.2. The third-order valence-electron chi connectivity index (χ3n) is 1.40. The summed E-state index contributed by atoms with van der Waals surface area (Å²) in [6.45, 7) is 4.30. The molecule has 0 spiro atoms. The van der Waals surface area contributed by atoms with Crippen molar-refractivity contribution in [2.45, 2.75) is 32.6 Å². The minimum atomic E-state index is 0.853. The van der Waals surface area contributed by atoms with E-state index in [0.717, 1.165) is 19.5 Å². The standard InChI is InChI=1S/C9H17N/c1-3-5-7-9-10-8-6-4-2/h2,10H,3,5-9H2,1H3. The minimum Gasteiger partial charge on any atom is -0.316 e. The molecule has 1 nitrogen and oxygen atoms in total. The molecule has 0 heterocycles. The number of rotatable bonds is 6. The van der Waals surface area contributed by atoms with Crippen molar-refractivity contribution in [1.29, 1.82) is 0 Å². The fourth-order valence-electron chi connectivity index (χ4n) is 0.786. The van der Waals surface area contributed by atoms with Crippen LogP contribution in [0.25, 0.3) is 0 Å². The summed E-state index contributed by atoms with van der Waals surface area (Å²) in [4.78, 5) is 0. The fourth-order valence-corrected chi connectivity index (χ4v) is 0.786. The maximum Gasteiger partial charge on any atom is 0.0211 e. The predicted molar refractivity (Wildman–Crippen MR) is 45.8 cm³/mol. The highest BCUT2D eigenvalue weighted by molar-refractivity contribution is 4.83. The van der Waals surface area contributed by atoms with E-state index in [1.807, 2.05) is 0 Å². The highest BCUT2D eigenvalue weighted by atomic mass is 14.8. The van der Waals surface area contributed by atoms with E-state index in [-0.39, 0.29) is 0 Å². The highest BCUT2D eigenvalue weighted by Crippen LogP contribution is 1.90. The van der Waals surface area contributed by atoms with Crippen molar-refractivity contribution in [2.75, 3.05) is 13.1 Å². The molecule has 0 saturated carbocycles. The molecule has 0 aromatic rings. The molecule has 0 rings (SSSR count). The van der Waals surface area contributed by atoms with Crippen molar-refractivity contribution in [3.63, 3.8) is 0 Å². The lowest BCUT2D eigenvalue weighted by molar-refractivity contribution is 0.623. The van der Waals surface area contributed by atoms with E-state index in [1.165, 1.54) is 19.3 Å². The summed E-state index contributed by atoms with van der Waals surface area (Å²) in [7, 11) is 0. The first kappa shape index (κ1) is 9.52. The molecule has 0 atom stereocenters. The molecule has 0 aliphatic heterocycles. The van der Waals surface area contributed by atoms with Crippen LogP contribution in [0, 0.1) is 12.3 Å². The molecule has 0 aromatic carbocycles. The predicted octanol–water partition coefficient (Wildman–Crippen LogP) is 1.79. The molecule has 0 radical (unpaired) electrons. The van der Waals surface area contributed by atoms with Gasteiger partial charge in [0.05, 0.1) is 0 Å². The largest absolute Gasteiger partial charge is 0.316 e. The Balaban J connectivity index is 2.72. The van der Waals surface area contributed by atoms with Gasteiger partial charge in [-0.3, -0.25) is 0 Å². The zero-order valence-corrected chi connectivity index (χ0v) is 6.82. The van der Waals surface area contributed by atoms with Gasteiger partial charge in [0.1, 0.15) is 0 Å². The Morgan fingerprint density at radius 2 is 2.10 bits per heavy atom. The van der Waals surface area contributed by atoms with E-state index in [9.17, 15) is 0 Å². The van der Waals surface area contributed by atoms with Gasteiger partial charge < -0.3 is 5.32 Å². The average Bonchev–Trinajstić information content (AvgIpc) is 1.97. The van der Waals surface area contributed by atoms with E-state index in [1.54, 1.807) is 0 Å². The molecule has 1 N–H and O–H groups in total. The van der Waals surface area contributed by atoms with Crippen LogP contribution in [0.15, 0.2) is 0 Å². The molecule has 0 aromatic heterocycles. The van der Waals surface area contributed by atoms with E-state index < -0.39 is 0 Å². The van der Waals surface area contributed by atoms with Gasteiger partial charge in [0, 0.05) is 13.0 Å². The minimum absolute atomic E-state index is 0.853. The Kier molecular flexibility index (Phi) is 8.11. The molecular weight excluding hydrogens is 122 g/mol. The number of terminal acetylenes is 1. The Hall–Kier alpha value is -0.480. The fraction of sp³-hybridized carbons (Fsp3) is 0.778. The van der Waals surface area contributed by atoms with Gasteiger partial charge in [0.2, 0.25) is 0 Å². The first-order valence-electron chi connectivity index (χ1n) is 4.06. The van der Waals surface area contributed by atoms with Crippen molar-refractivity contribution < 1.29 is 0 Å². The molecule has 1 heteroatoms. The molecule has 0 aliphatic carbocycles. The third kappa shape index (κ3) is 7.52. The van der Waals surface area contributed by atoms with Gasteiger partial charge in [-0.05, 0) is 13.0 Å². The van der Waals surface area contributed by atoms with E-state index in [2.05, 4.69) is 18.2 Å². The summed E-state index contributed by atoms with van der Waals surface area (Å²) >= 11 is 0. The van der Waals surface area contributed by atoms with Gasteiger partial charge in [0.25, 0.3) is 0 Å². The van der Waals surface area contributed by atoms with Crippen LogP contribution in [-0.2, 0) is 0 Å². The average molecular weight is 139 g/mol. The van der Waals surface area contributed by atoms with Gasteiger partial charge in [-0.1, -0.05) is 19.8 Å². The summed E-state index contributed by atoms with van der Waals surface area (Å²) in [5.74, 6) is 2.60. The van der Waals surface area contributed by atoms with Gasteiger partial charge in [0.15, 0.2) is 0 Å². The zero-order chi connectivity index (χ0) is 7.66. The van der Waals surface area contributed by atoms with Crippen LogP contribution in [0.1, 0.15) is 32.6 Å². The summed E-state index contributed by atoms with van der Waals surface area (Å²) < 4.78 is 0. The van der Waals surface area contributed by atoms with E-state index in [4.69, 9.17) is 6.42 Å². The number of nitrogens with one attached hydrogen (secondary N) is 1. The van der Waals surface area contributed by atoms with Gasteiger partial charge in [-0.2, -0.15) is 0 Å². The normalized spacial score (nSPS) is 9.20. The SMILES string of the molecule is C#CCCNCCCCC. The van der Waals surface area contributed by atoms with Crippen LogP contribution in [0.3, 0.4) is 0 Å². The maximum absolute atomic E-state index is 5.08. The topological polar surface area (TPSA) is 12.0 Å². The van der Waals surface area contributed by atoms with Crippen molar-refractivity contribution in [3.05, 3.63) is 0 Å². The van der Waals surface area contributed by atoms with Crippen molar-refractivity contribution in [3.8, 4) is 12.3 Å². The first-order chi connectivity index (χ1) is 4.91. The second kappa shape index (κ2) is 8.52. The van der Waals surface area contributed by atoms with Crippen molar-refractivity contribution in [2.24, 2.45) is 0 Å². The van der Waals surface area contributed by atoms with Crippen LogP contribution in [-0.4, -0.2) is 13.1 Å². The molecule has 0 bridgehead atoms. The Bertz CT molecular complexity index is 91.4. The van der Waals surface area contributed by atoms with Gasteiger partial charge >= 0.3 is 0 Å². The third-order valence-corrected chi connectivity index (χ3v) is 1.40. The van der Waals surface area contributed by atoms with Gasteiger partial charge in [-0.25, -0.2) is 0 Å². The molecule has 0 saturated heterocycles. The quantitative estimate of drug-likeness (QED) is 0.437. The van der Waals surface area contributed by atoms with E-state index >= 15 is 0 Å². The molecule has 0 unspecified atom stereocenters. The molecule has 0 fully saturated rings. The second-order valence-corrected chi connectivity index (χ2v) is 2.41. The Morgan fingerprint density at radius 3 is 2.70 bits per heavy atom. The number of unbranched alkanes of at least 4 members (excludes halogenated alkanes) is 2. The number of hydrogen-bond acceptors (Lipinski definition) is 1. The van der Waals surface area contributed by atoms with E-state index in [0.29, 0.717) is 0 Å².